The predicted octanol–water partition coefficient (Wildman–Crippen LogP) is 2.56. The maximum atomic E-state index is 11.7. The number of furan rings is 1. The van der Waals surface area contributed by atoms with Gasteiger partial charge in [0.15, 0.2) is 0 Å². The molecule has 3 rings (SSSR count). The average Bonchev–Trinajstić information content (AvgIpc) is 3.21. The van der Waals surface area contributed by atoms with Crippen molar-refractivity contribution in [2.75, 3.05) is 6.54 Å². The Morgan fingerprint density at radius 1 is 1.38 bits per heavy atom. The van der Waals surface area contributed by atoms with Crippen LogP contribution in [-0.4, -0.2) is 22.2 Å². The highest BCUT2D eigenvalue weighted by atomic mass is 32.1. The molecule has 0 saturated carbocycles. The van der Waals surface area contributed by atoms with Crippen LogP contribution in [0.15, 0.2) is 52.2 Å². The van der Waals surface area contributed by atoms with E-state index in [1.54, 1.807) is 30.1 Å². The molecular formula is C15H15N3O2S. The van der Waals surface area contributed by atoms with Gasteiger partial charge in [0.2, 0.25) is 5.91 Å². The summed E-state index contributed by atoms with van der Waals surface area (Å²) >= 11 is 1.60. The molecule has 0 unspecified atom stereocenters. The number of thiophene rings is 1. The molecule has 21 heavy (non-hydrogen) atoms. The van der Waals surface area contributed by atoms with Gasteiger partial charge in [0.25, 0.3) is 0 Å². The maximum Gasteiger partial charge on any atom is 0.224 e. The van der Waals surface area contributed by atoms with Crippen molar-refractivity contribution in [3.05, 3.63) is 53.4 Å². The summed E-state index contributed by atoms with van der Waals surface area (Å²) in [6, 6.07) is 3.86. The zero-order valence-corrected chi connectivity index (χ0v) is 12.2. The fourth-order valence-electron chi connectivity index (χ4n) is 2.01. The Bertz CT molecular complexity index is 686. The maximum absolute atomic E-state index is 11.7. The van der Waals surface area contributed by atoms with E-state index in [1.807, 2.05) is 33.8 Å². The lowest BCUT2D eigenvalue weighted by atomic mass is 10.2. The molecule has 0 bridgehead atoms. The lowest BCUT2D eigenvalue weighted by Gasteiger charge is -2.04. The third-order valence-corrected chi connectivity index (χ3v) is 3.83. The fourth-order valence-corrected chi connectivity index (χ4v) is 2.68. The highest BCUT2D eigenvalue weighted by Crippen LogP contribution is 2.18. The first-order valence-corrected chi connectivity index (χ1v) is 7.58. The Hall–Kier alpha value is -2.34. The molecule has 5 nitrogen and oxygen atoms in total. The molecule has 0 aliphatic heterocycles. The molecule has 0 aliphatic carbocycles. The molecule has 0 spiro atoms. The van der Waals surface area contributed by atoms with Gasteiger partial charge >= 0.3 is 0 Å². The fraction of sp³-hybridized carbons (Fsp3) is 0.200. The number of carbonyl (C=O) groups excluding carboxylic acids is 1. The topological polar surface area (TPSA) is 60.1 Å². The van der Waals surface area contributed by atoms with Gasteiger partial charge in [-0.05, 0) is 28.5 Å². The molecule has 0 fully saturated rings. The second-order valence-electron chi connectivity index (χ2n) is 4.66. The normalized spacial score (nSPS) is 10.7. The minimum absolute atomic E-state index is 0.0376. The van der Waals surface area contributed by atoms with Crippen LogP contribution in [0.1, 0.15) is 5.56 Å². The number of hydrogen-bond donors (Lipinski definition) is 1. The van der Waals surface area contributed by atoms with Crippen molar-refractivity contribution in [3.63, 3.8) is 0 Å². The van der Waals surface area contributed by atoms with Crippen molar-refractivity contribution in [2.45, 2.75) is 13.0 Å². The number of amides is 1. The first-order valence-electron chi connectivity index (χ1n) is 6.64. The van der Waals surface area contributed by atoms with Gasteiger partial charge in [-0.25, -0.2) is 0 Å². The lowest BCUT2D eigenvalue weighted by molar-refractivity contribution is -0.120. The van der Waals surface area contributed by atoms with E-state index in [1.165, 1.54) is 0 Å². The summed E-state index contributed by atoms with van der Waals surface area (Å²) in [6.07, 6.45) is 7.48. The lowest BCUT2D eigenvalue weighted by Crippen LogP contribution is -2.28. The van der Waals surface area contributed by atoms with Crippen LogP contribution in [0.2, 0.25) is 0 Å². The van der Waals surface area contributed by atoms with Crippen LogP contribution in [-0.2, 0) is 17.8 Å². The molecule has 0 saturated heterocycles. The van der Waals surface area contributed by atoms with Crippen LogP contribution in [0.3, 0.4) is 0 Å². The molecule has 1 N–H and O–H groups in total. The number of nitrogens with zero attached hydrogens (tertiary/aromatic N) is 2. The van der Waals surface area contributed by atoms with Gasteiger partial charge < -0.3 is 9.73 Å². The van der Waals surface area contributed by atoms with Crippen molar-refractivity contribution in [1.82, 2.24) is 15.1 Å². The minimum Gasteiger partial charge on any atom is -0.472 e. The molecule has 108 valence electrons. The quantitative estimate of drug-likeness (QED) is 0.761. The molecule has 3 aromatic heterocycles. The Balaban J connectivity index is 1.46. The van der Waals surface area contributed by atoms with Crippen LogP contribution < -0.4 is 5.32 Å². The van der Waals surface area contributed by atoms with E-state index < -0.39 is 0 Å². The summed E-state index contributed by atoms with van der Waals surface area (Å²) in [4.78, 5) is 11.7. The Kier molecular flexibility index (Phi) is 4.16. The zero-order valence-electron chi connectivity index (χ0n) is 11.4. The highest BCUT2D eigenvalue weighted by Gasteiger charge is 2.05. The molecule has 1 amide bonds. The van der Waals surface area contributed by atoms with Crippen LogP contribution in [0.4, 0.5) is 0 Å². The molecule has 0 aromatic carbocycles. The van der Waals surface area contributed by atoms with Crippen molar-refractivity contribution >= 4 is 17.2 Å². The van der Waals surface area contributed by atoms with Crippen LogP contribution in [0, 0.1) is 0 Å². The molecule has 3 aromatic rings. The summed E-state index contributed by atoms with van der Waals surface area (Å²) in [7, 11) is 0. The predicted molar refractivity (Wildman–Crippen MR) is 81.0 cm³/mol. The summed E-state index contributed by atoms with van der Waals surface area (Å²) < 4.78 is 6.86. The van der Waals surface area contributed by atoms with E-state index in [0.29, 0.717) is 19.5 Å². The van der Waals surface area contributed by atoms with Gasteiger partial charge in [0, 0.05) is 23.9 Å². The second-order valence-corrected chi connectivity index (χ2v) is 5.44. The Morgan fingerprint density at radius 3 is 3.10 bits per heavy atom. The number of rotatable bonds is 6. The van der Waals surface area contributed by atoms with Crippen molar-refractivity contribution in [1.29, 1.82) is 0 Å². The molecule has 3 heterocycles. The van der Waals surface area contributed by atoms with Gasteiger partial charge in [0.1, 0.15) is 0 Å². The minimum atomic E-state index is 0.0376. The number of nitrogens with one attached hydrogen (secondary N) is 1. The van der Waals surface area contributed by atoms with E-state index >= 15 is 0 Å². The summed E-state index contributed by atoms with van der Waals surface area (Å²) in [5.74, 6) is 0.0376. The molecular weight excluding hydrogens is 286 g/mol. The largest absolute Gasteiger partial charge is 0.472 e. The SMILES string of the molecule is O=C(Cc1ccsc1)NCCn1cc(-c2ccoc2)cn1. The van der Waals surface area contributed by atoms with E-state index in [4.69, 9.17) is 4.42 Å². The zero-order chi connectivity index (χ0) is 14.5. The second kappa shape index (κ2) is 6.41. The van der Waals surface area contributed by atoms with E-state index in [-0.39, 0.29) is 5.91 Å². The monoisotopic (exact) mass is 301 g/mol. The van der Waals surface area contributed by atoms with E-state index in [9.17, 15) is 4.79 Å². The average molecular weight is 301 g/mol. The molecule has 0 radical (unpaired) electrons. The molecule has 6 heteroatoms. The Morgan fingerprint density at radius 2 is 2.33 bits per heavy atom. The first-order chi connectivity index (χ1) is 10.3. The standard InChI is InChI=1S/C15H15N3O2S/c19-15(7-12-2-6-21-11-12)16-3-4-18-9-14(8-17-18)13-1-5-20-10-13/h1-2,5-6,8-11H,3-4,7H2,(H,16,19). The Labute approximate surface area is 126 Å². The van der Waals surface area contributed by atoms with Gasteiger partial charge in [0.05, 0.1) is 31.7 Å². The van der Waals surface area contributed by atoms with Crippen molar-refractivity contribution in [2.24, 2.45) is 0 Å². The summed E-state index contributed by atoms with van der Waals surface area (Å²) in [5, 5.41) is 11.1. The number of carbonyl (C=O) groups is 1. The summed E-state index contributed by atoms with van der Waals surface area (Å²) in [5.41, 5.74) is 3.06. The summed E-state index contributed by atoms with van der Waals surface area (Å²) in [6.45, 7) is 1.21. The first kappa shape index (κ1) is 13.6. The van der Waals surface area contributed by atoms with Crippen molar-refractivity contribution in [3.8, 4) is 11.1 Å². The number of hydrogen-bond acceptors (Lipinski definition) is 4. The highest BCUT2D eigenvalue weighted by molar-refractivity contribution is 7.07. The van der Waals surface area contributed by atoms with Gasteiger partial charge in [-0.1, -0.05) is 0 Å². The van der Waals surface area contributed by atoms with Crippen molar-refractivity contribution < 1.29 is 9.21 Å². The number of aromatic nitrogens is 2. The molecule has 0 aliphatic rings. The molecule has 0 atom stereocenters. The smallest absolute Gasteiger partial charge is 0.224 e. The van der Waals surface area contributed by atoms with Gasteiger partial charge in [-0.15, -0.1) is 0 Å². The van der Waals surface area contributed by atoms with Crippen LogP contribution in [0.25, 0.3) is 11.1 Å². The van der Waals surface area contributed by atoms with E-state index in [0.717, 1.165) is 16.7 Å². The van der Waals surface area contributed by atoms with Gasteiger partial charge in [-0.3, -0.25) is 9.48 Å². The third kappa shape index (κ3) is 3.61. The van der Waals surface area contributed by atoms with Crippen LogP contribution >= 0.6 is 11.3 Å². The third-order valence-electron chi connectivity index (χ3n) is 3.10. The van der Waals surface area contributed by atoms with E-state index in [2.05, 4.69) is 10.4 Å². The van der Waals surface area contributed by atoms with Gasteiger partial charge in [-0.2, -0.15) is 16.4 Å². The van der Waals surface area contributed by atoms with Crippen LogP contribution in [0.5, 0.6) is 0 Å².